The van der Waals surface area contributed by atoms with Gasteiger partial charge in [0.1, 0.15) is 11.5 Å². The number of rotatable bonds is 2. The molecule has 0 bridgehead atoms. The third kappa shape index (κ3) is 2.10. The average Bonchev–Trinajstić information content (AvgIpc) is 2.45. The summed E-state index contributed by atoms with van der Waals surface area (Å²) in [6.07, 6.45) is 0. The van der Waals surface area contributed by atoms with Crippen LogP contribution in [0.2, 0.25) is 0 Å². The molecular weight excluding hydrogens is 252 g/mol. The number of hydrogen-bond donors (Lipinski definition) is 2. The second kappa shape index (κ2) is 4.70. The lowest BCUT2D eigenvalue weighted by Gasteiger charge is -2.06. The van der Waals surface area contributed by atoms with E-state index in [1.807, 2.05) is 6.07 Å². The van der Waals surface area contributed by atoms with E-state index < -0.39 is 0 Å². The molecule has 0 saturated carbocycles. The van der Waals surface area contributed by atoms with Crippen LogP contribution >= 0.6 is 0 Å². The Labute approximate surface area is 115 Å². The van der Waals surface area contributed by atoms with Crippen LogP contribution in [0.3, 0.4) is 0 Å². The molecular formula is C17H12O3. The number of ketones is 1. The Bertz CT molecular complexity index is 806. The fourth-order valence-corrected chi connectivity index (χ4v) is 2.27. The molecule has 0 saturated heterocycles. The van der Waals surface area contributed by atoms with E-state index in [0.29, 0.717) is 11.1 Å². The number of aromatic hydroxyl groups is 2. The lowest BCUT2D eigenvalue weighted by molar-refractivity contribution is 0.104. The predicted octanol–water partition coefficient (Wildman–Crippen LogP) is 3.48. The molecule has 3 rings (SSSR count). The van der Waals surface area contributed by atoms with E-state index in [2.05, 4.69) is 0 Å². The monoisotopic (exact) mass is 264 g/mol. The van der Waals surface area contributed by atoms with Crippen molar-refractivity contribution >= 4 is 16.6 Å². The van der Waals surface area contributed by atoms with Crippen LogP contribution < -0.4 is 0 Å². The van der Waals surface area contributed by atoms with Gasteiger partial charge < -0.3 is 10.2 Å². The molecule has 0 radical (unpaired) electrons. The van der Waals surface area contributed by atoms with Gasteiger partial charge in [0.2, 0.25) is 0 Å². The van der Waals surface area contributed by atoms with Gasteiger partial charge in [-0.3, -0.25) is 4.79 Å². The number of carbonyl (C=O) groups is 1. The minimum Gasteiger partial charge on any atom is -0.508 e. The van der Waals surface area contributed by atoms with Crippen molar-refractivity contribution in [1.29, 1.82) is 0 Å². The summed E-state index contributed by atoms with van der Waals surface area (Å²) in [5.41, 5.74) is 0.985. The van der Waals surface area contributed by atoms with Gasteiger partial charge in [-0.25, -0.2) is 0 Å². The van der Waals surface area contributed by atoms with Crippen LogP contribution in [-0.4, -0.2) is 16.0 Å². The summed E-state index contributed by atoms with van der Waals surface area (Å²) in [6.45, 7) is 0. The van der Waals surface area contributed by atoms with E-state index in [-0.39, 0.29) is 17.3 Å². The van der Waals surface area contributed by atoms with Gasteiger partial charge in [0.15, 0.2) is 5.78 Å². The third-order valence-corrected chi connectivity index (χ3v) is 3.22. The van der Waals surface area contributed by atoms with Gasteiger partial charge >= 0.3 is 0 Å². The van der Waals surface area contributed by atoms with Crippen LogP contribution in [0, 0.1) is 0 Å². The minimum atomic E-state index is -0.155. The highest BCUT2D eigenvalue weighted by molar-refractivity contribution is 6.16. The molecule has 20 heavy (non-hydrogen) atoms. The van der Waals surface area contributed by atoms with E-state index in [0.717, 1.165) is 10.8 Å². The predicted molar refractivity (Wildman–Crippen MR) is 77.2 cm³/mol. The molecule has 2 N–H and O–H groups in total. The first-order valence-electron chi connectivity index (χ1n) is 6.20. The molecule has 0 heterocycles. The lowest BCUT2D eigenvalue weighted by Crippen LogP contribution is -2.01. The summed E-state index contributed by atoms with van der Waals surface area (Å²) >= 11 is 0. The van der Waals surface area contributed by atoms with Gasteiger partial charge in [0.05, 0.1) is 0 Å². The molecule has 0 unspecified atom stereocenters. The van der Waals surface area contributed by atoms with Crippen molar-refractivity contribution in [3.8, 4) is 11.5 Å². The minimum absolute atomic E-state index is 0.0636. The Balaban J connectivity index is 2.17. The number of benzene rings is 3. The van der Waals surface area contributed by atoms with E-state index in [1.165, 1.54) is 12.1 Å². The Kier molecular flexibility index (Phi) is 2.88. The Hall–Kier alpha value is -2.81. The fraction of sp³-hybridized carbons (Fsp3) is 0. The topological polar surface area (TPSA) is 57.5 Å². The van der Waals surface area contributed by atoms with Gasteiger partial charge in [0.25, 0.3) is 0 Å². The van der Waals surface area contributed by atoms with Gasteiger partial charge in [0, 0.05) is 11.1 Å². The van der Waals surface area contributed by atoms with Crippen molar-refractivity contribution in [2.75, 3.05) is 0 Å². The van der Waals surface area contributed by atoms with Crippen LogP contribution in [0.15, 0.2) is 60.7 Å². The van der Waals surface area contributed by atoms with Crippen molar-refractivity contribution in [2.45, 2.75) is 0 Å². The van der Waals surface area contributed by atoms with Crippen LogP contribution in [0.1, 0.15) is 15.9 Å². The SMILES string of the molecule is O=C(c1cccc(O)c1)c1cccc2cc(O)ccc12. The first-order valence-corrected chi connectivity index (χ1v) is 6.20. The molecule has 0 aliphatic carbocycles. The molecule has 0 aromatic heterocycles. The maximum atomic E-state index is 12.5. The van der Waals surface area contributed by atoms with Gasteiger partial charge in [-0.2, -0.15) is 0 Å². The molecule has 3 aromatic carbocycles. The summed E-state index contributed by atoms with van der Waals surface area (Å²) in [5.74, 6) is 0.0744. The van der Waals surface area contributed by atoms with Gasteiger partial charge in [-0.1, -0.05) is 30.3 Å². The van der Waals surface area contributed by atoms with Crippen molar-refractivity contribution < 1.29 is 15.0 Å². The molecule has 0 spiro atoms. The van der Waals surface area contributed by atoms with Crippen LogP contribution in [0.25, 0.3) is 10.8 Å². The fourth-order valence-electron chi connectivity index (χ4n) is 2.27. The Morgan fingerprint density at radius 3 is 2.35 bits per heavy atom. The largest absolute Gasteiger partial charge is 0.508 e. The molecule has 0 amide bonds. The van der Waals surface area contributed by atoms with Crippen molar-refractivity contribution in [1.82, 2.24) is 0 Å². The Morgan fingerprint density at radius 2 is 1.55 bits per heavy atom. The molecule has 0 aliphatic rings. The second-order valence-corrected chi connectivity index (χ2v) is 4.59. The first kappa shape index (κ1) is 12.2. The maximum Gasteiger partial charge on any atom is 0.193 e. The molecule has 98 valence electrons. The van der Waals surface area contributed by atoms with Crippen molar-refractivity contribution in [3.63, 3.8) is 0 Å². The normalized spacial score (nSPS) is 10.6. The standard InChI is InChI=1S/C17H12O3/c18-13-5-1-4-12(10-13)17(20)16-6-2-3-11-9-14(19)7-8-15(11)16/h1-10,18-19H. The highest BCUT2D eigenvalue weighted by Gasteiger charge is 2.13. The molecule has 0 aliphatic heterocycles. The number of hydrogen-bond acceptors (Lipinski definition) is 3. The van der Waals surface area contributed by atoms with Gasteiger partial charge in [-0.15, -0.1) is 0 Å². The summed E-state index contributed by atoms with van der Waals surface area (Å²) in [5, 5.41) is 20.5. The highest BCUT2D eigenvalue weighted by Crippen LogP contribution is 2.25. The molecule has 0 fully saturated rings. The zero-order valence-electron chi connectivity index (χ0n) is 10.6. The van der Waals surface area contributed by atoms with Crippen molar-refractivity contribution in [2.24, 2.45) is 0 Å². The first-order chi connectivity index (χ1) is 9.65. The van der Waals surface area contributed by atoms with Crippen LogP contribution in [-0.2, 0) is 0 Å². The molecule has 3 heteroatoms. The highest BCUT2D eigenvalue weighted by atomic mass is 16.3. The van der Waals surface area contributed by atoms with Crippen LogP contribution in [0.4, 0.5) is 0 Å². The van der Waals surface area contributed by atoms with Crippen LogP contribution in [0.5, 0.6) is 11.5 Å². The smallest absolute Gasteiger partial charge is 0.193 e. The van der Waals surface area contributed by atoms with Gasteiger partial charge in [-0.05, 0) is 41.1 Å². The zero-order chi connectivity index (χ0) is 14.1. The number of phenols is 2. The van der Waals surface area contributed by atoms with E-state index >= 15 is 0 Å². The maximum absolute atomic E-state index is 12.5. The van der Waals surface area contributed by atoms with Crippen molar-refractivity contribution in [3.05, 3.63) is 71.8 Å². The number of phenolic OH excluding ortho intramolecular Hbond substituents is 2. The number of carbonyl (C=O) groups excluding carboxylic acids is 1. The lowest BCUT2D eigenvalue weighted by atomic mass is 9.97. The molecule has 3 aromatic rings. The zero-order valence-corrected chi connectivity index (χ0v) is 10.6. The van der Waals surface area contributed by atoms with E-state index in [9.17, 15) is 15.0 Å². The average molecular weight is 264 g/mol. The van der Waals surface area contributed by atoms with E-state index in [4.69, 9.17) is 0 Å². The summed E-state index contributed by atoms with van der Waals surface area (Å²) in [7, 11) is 0. The summed E-state index contributed by atoms with van der Waals surface area (Å²) in [4.78, 5) is 12.5. The number of fused-ring (bicyclic) bond motifs is 1. The third-order valence-electron chi connectivity index (χ3n) is 3.22. The molecule has 3 nitrogen and oxygen atoms in total. The second-order valence-electron chi connectivity index (χ2n) is 4.59. The molecule has 0 atom stereocenters. The van der Waals surface area contributed by atoms with E-state index in [1.54, 1.807) is 42.5 Å². The quantitative estimate of drug-likeness (QED) is 0.697. The summed E-state index contributed by atoms with van der Waals surface area (Å²) < 4.78 is 0. The Morgan fingerprint density at radius 1 is 0.800 bits per heavy atom. The summed E-state index contributed by atoms with van der Waals surface area (Å²) in [6, 6.07) is 16.5.